The number of carbonyl (C=O) groups excluding carboxylic acids is 1. The van der Waals surface area contributed by atoms with Gasteiger partial charge < -0.3 is 4.74 Å². The second kappa shape index (κ2) is 6.11. The average Bonchev–Trinajstić information content (AvgIpc) is 2.27. The number of nitrogens with zero attached hydrogens (tertiary/aromatic N) is 1. The zero-order valence-corrected chi connectivity index (χ0v) is 11.1. The van der Waals surface area contributed by atoms with Gasteiger partial charge in [0.25, 0.3) is 0 Å². The summed E-state index contributed by atoms with van der Waals surface area (Å²) >= 11 is 0. The Bertz CT molecular complexity index is 426. The minimum atomic E-state index is -0.513. The van der Waals surface area contributed by atoms with Crippen LogP contribution in [-0.2, 0) is 11.3 Å². The van der Waals surface area contributed by atoms with E-state index in [-0.39, 0.29) is 12.6 Å². The fraction of sp³-hybridized carbons (Fsp3) is 0.400. The summed E-state index contributed by atoms with van der Waals surface area (Å²) in [5.41, 5.74) is 0.513. The molecule has 96 valence electrons. The first-order valence-electron chi connectivity index (χ1n) is 5.87. The van der Waals surface area contributed by atoms with Crippen molar-refractivity contribution in [3.63, 3.8) is 0 Å². The monoisotopic (exact) mass is 245 g/mol. The molecule has 0 spiro atoms. The molecule has 1 aromatic carbocycles. The Kier molecular flexibility index (Phi) is 4.79. The first-order valence-corrected chi connectivity index (χ1v) is 5.87. The molecule has 1 aromatic rings. The molecule has 1 rings (SSSR count). The number of hydrogen-bond donors (Lipinski definition) is 0. The van der Waals surface area contributed by atoms with Gasteiger partial charge in [0, 0.05) is 6.54 Å². The van der Waals surface area contributed by atoms with E-state index in [1.54, 1.807) is 0 Å². The summed E-state index contributed by atoms with van der Waals surface area (Å²) in [6.45, 7) is 6.20. The molecule has 0 heterocycles. The number of terminal acetylenes is 1. The largest absolute Gasteiger partial charge is 0.444 e. The highest BCUT2D eigenvalue weighted by molar-refractivity contribution is 5.68. The van der Waals surface area contributed by atoms with E-state index in [9.17, 15) is 4.79 Å². The predicted octanol–water partition coefficient (Wildman–Crippen LogP) is 3.06. The van der Waals surface area contributed by atoms with Crippen molar-refractivity contribution in [2.45, 2.75) is 32.9 Å². The summed E-state index contributed by atoms with van der Waals surface area (Å²) in [7, 11) is 0. The maximum atomic E-state index is 12.0. The second-order valence-electron chi connectivity index (χ2n) is 5.03. The van der Waals surface area contributed by atoms with Gasteiger partial charge in [-0.15, -0.1) is 6.42 Å². The van der Waals surface area contributed by atoms with Crippen LogP contribution >= 0.6 is 0 Å². The molecule has 0 aliphatic heterocycles. The van der Waals surface area contributed by atoms with Gasteiger partial charge in [0.2, 0.25) is 0 Å². The number of amides is 1. The topological polar surface area (TPSA) is 29.5 Å². The highest BCUT2D eigenvalue weighted by Crippen LogP contribution is 2.12. The van der Waals surface area contributed by atoms with Crippen molar-refractivity contribution in [2.24, 2.45) is 0 Å². The van der Waals surface area contributed by atoms with E-state index < -0.39 is 5.60 Å². The zero-order valence-electron chi connectivity index (χ0n) is 11.1. The Morgan fingerprint density at radius 1 is 1.33 bits per heavy atom. The van der Waals surface area contributed by atoms with Crippen LogP contribution in [0.1, 0.15) is 26.3 Å². The van der Waals surface area contributed by atoms with Crippen molar-refractivity contribution >= 4 is 6.09 Å². The molecule has 0 aliphatic carbocycles. The minimum Gasteiger partial charge on any atom is -0.444 e. The Balaban J connectivity index is 2.72. The van der Waals surface area contributed by atoms with Crippen molar-refractivity contribution in [3.05, 3.63) is 35.9 Å². The van der Waals surface area contributed by atoms with E-state index >= 15 is 0 Å². The van der Waals surface area contributed by atoms with Gasteiger partial charge in [0.15, 0.2) is 0 Å². The Hall–Kier alpha value is -1.95. The molecule has 0 atom stereocenters. The van der Waals surface area contributed by atoms with E-state index in [1.165, 1.54) is 4.90 Å². The second-order valence-corrected chi connectivity index (χ2v) is 5.03. The molecule has 0 unspecified atom stereocenters. The van der Waals surface area contributed by atoms with Crippen LogP contribution in [0.25, 0.3) is 0 Å². The van der Waals surface area contributed by atoms with Crippen molar-refractivity contribution < 1.29 is 9.53 Å². The van der Waals surface area contributed by atoms with Crippen LogP contribution in [0, 0.1) is 12.3 Å². The van der Waals surface area contributed by atoms with E-state index in [2.05, 4.69) is 5.92 Å². The molecule has 0 aliphatic rings. The number of ether oxygens (including phenoxy) is 1. The summed E-state index contributed by atoms with van der Waals surface area (Å²) in [5, 5.41) is 0. The van der Waals surface area contributed by atoms with Crippen LogP contribution in [-0.4, -0.2) is 23.1 Å². The average molecular weight is 245 g/mol. The lowest BCUT2D eigenvalue weighted by Crippen LogP contribution is -2.36. The molecule has 0 radical (unpaired) electrons. The molecule has 3 nitrogen and oxygen atoms in total. The number of benzene rings is 1. The SMILES string of the molecule is C#CCN(Cc1ccccc1)C(=O)OC(C)(C)C. The first kappa shape index (κ1) is 14.1. The minimum absolute atomic E-state index is 0.240. The summed E-state index contributed by atoms with van der Waals surface area (Å²) < 4.78 is 5.32. The normalized spacial score (nSPS) is 10.6. The molecule has 18 heavy (non-hydrogen) atoms. The zero-order chi connectivity index (χ0) is 13.6. The molecule has 0 bridgehead atoms. The quantitative estimate of drug-likeness (QED) is 0.766. The van der Waals surface area contributed by atoms with E-state index in [0.29, 0.717) is 6.54 Å². The van der Waals surface area contributed by atoms with Gasteiger partial charge in [0.1, 0.15) is 5.60 Å². The Labute approximate surface area is 109 Å². The fourth-order valence-electron chi connectivity index (χ4n) is 1.43. The molecule has 0 N–H and O–H groups in total. The van der Waals surface area contributed by atoms with Crippen LogP contribution < -0.4 is 0 Å². The molecule has 0 fully saturated rings. The van der Waals surface area contributed by atoms with Gasteiger partial charge in [0.05, 0.1) is 6.54 Å². The van der Waals surface area contributed by atoms with Crippen LogP contribution in [0.15, 0.2) is 30.3 Å². The smallest absolute Gasteiger partial charge is 0.411 e. The third kappa shape index (κ3) is 4.92. The van der Waals surface area contributed by atoms with E-state index in [0.717, 1.165) is 5.56 Å². The summed E-state index contributed by atoms with van der Waals surface area (Å²) in [4.78, 5) is 13.5. The Morgan fingerprint density at radius 3 is 2.44 bits per heavy atom. The van der Waals surface area contributed by atoms with Gasteiger partial charge in [-0.1, -0.05) is 36.3 Å². The van der Waals surface area contributed by atoms with Crippen molar-refractivity contribution in [2.75, 3.05) is 6.54 Å². The summed E-state index contributed by atoms with van der Waals surface area (Å²) in [6, 6.07) is 9.70. The maximum absolute atomic E-state index is 12.0. The van der Waals surface area contributed by atoms with Crippen LogP contribution in [0.2, 0.25) is 0 Å². The molecule has 0 saturated carbocycles. The number of hydrogen-bond acceptors (Lipinski definition) is 2. The predicted molar refractivity (Wildman–Crippen MR) is 71.9 cm³/mol. The fourth-order valence-corrected chi connectivity index (χ4v) is 1.43. The van der Waals surface area contributed by atoms with Crippen LogP contribution in [0.5, 0.6) is 0 Å². The van der Waals surface area contributed by atoms with Crippen LogP contribution in [0.3, 0.4) is 0 Å². The third-order valence-corrected chi connectivity index (χ3v) is 2.15. The van der Waals surface area contributed by atoms with Gasteiger partial charge >= 0.3 is 6.09 Å². The molecule has 0 aromatic heterocycles. The first-order chi connectivity index (χ1) is 8.42. The summed E-state index contributed by atoms with van der Waals surface area (Å²) in [5.74, 6) is 2.48. The molecule has 1 amide bonds. The maximum Gasteiger partial charge on any atom is 0.411 e. The van der Waals surface area contributed by atoms with Crippen molar-refractivity contribution in [1.82, 2.24) is 4.90 Å². The van der Waals surface area contributed by atoms with Crippen molar-refractivity contribution in [1.29, 1.82) is 0 Å². The lowest BCUT2D eigenvalue weighted by atomic mass is 10.2. The molecular weight excluding hydrogens is 226 g/mol. The number of carbonyl (C=O) groups is 1. The molecule has 3 heteroatoms. The molecular formula is C15H19NO2. The van der Waals surface area contributed by atoms with Gasteiger partial charge in [-0.25, -0.2) is 4.79 Å². The lowest BCUT2D eigenvalue weighted by Gasteiger charge is -2.26. The van der Waals surface area contributed by atoms with Crippen molar-refractivity contribution in [3.8, 4) is 12.3 Å². The Morgan fingerprint density at radius 2 is 1.94 bits per heavy atom. The van der Waals surface area contributed by atoms with Gasteiger partial charge in [-0.3, -0.25) is 4.90 Å². The third-order valence-electron chi connectivity index (χ3n) is 2.15. The van der Waals surface area contributed by atoms with E-state index in [4.69, 9.17) is 11.2 Å². The highest BCUT2D eigenvalue weighted by Gasteiger charge is 2.21. The van der Waals surface area contributed by atoms with Gasteiger partial charge in [-0.2, -0.15) is 0 Å². The standard InChI is InChI=1S/C15H19NO2/c1-5-11-16(14(17)18-15(2,3)4)12-13-9-7-6-8-10-13/h1,6-10H,11-12H2,2-4H3. The van der Waals surface area contributed by atoms with Gasteiger partial charge in [-0.05, 0) is 26.3 Å². The number of rotatable bonds is 3. The highest BCUT2D eigenvalue weighted by atomic mass is 16.6. The molecule has 0 saturated heterocycles. The van der Waals surface area contributed by atoms with Crippen LogP contribution in [0.4, 0.5) is 4.79 Å². The lowest BCUT2D eigenvalue weighted by molar-refractivity contribution is 0.0260. The summed E-state index contributed by atoms with van der Waals surface area (Å²) in [6.07, 6.45) is 4.90. The van der Waals surface area contributed by atoms with E-state index in [1.807, 2.05) is 51.1 Å².